The van der Waals surface area contributed by atoms with Crippen LogP contribution in [0.25, 0.3) is 0 Å². The Kier molecular flexibility index (Phi) is 13.3. The summed E-state index contributed by atoms with van der Waals surface area (Å²) in [5, 5.41) is 163. The molecule has 0 fully saturated rings. The predicted molar refractivity (Wildman–Crippen MR) is 191 cm³/mol. The fraction of sp³-hybridized carbons (Fsp3) is 0.312. The Balaban J connectivity index is 1.94. The van der Waals surface area contributed by atoms with Gasteiger partial charge in [0.2, 0.25) is 36.8 Å². The van der Waals surface area contributed by atoms with Crippen LogP contribution >= 0.6 is 0 Å². The molecule has 3 aromatic carbocycles. The molecule has 3 aromatic rings. The van der Waals surface area contributed by atoms with Gasteiger partial charge < -0.3 is 96.5 Å². The predicted octanol–water partition coefficient (Wildman–Crippen LogP) is -4.30. The lowest BCUT2D eigenvalue weighted by atomic mass is 9.78. The summed E-state index contributed by atoms with van der Waals surface area (Å²) in [5.41, 5.74) is -7.43. The minimum atomic E-state index is -3.78. The van der Waals surface area contributed by atoms with E-state index < -0.39 is 148 Å². The molecule has 1 amide bonds. The number of hydrogen-bond acceptors (Lipinski definition) is 22. The molecule has 0 aliphatic rings. The van der Waals surface area contributed by atoms with Gasteiger partial charge in [0, 0.05) is 22.8 Å². The van der Waals surface area contributed by atoms with E-state index in [-0.39, 0.29) is 0 Å². The van der Waals surface area contributed by atoms with Crippen molar-refractivity contribution >= 4 is 38.2 Å². The SMILES string of the molecule is [B]C(O)(O)Oc1cc(C(O)(O)C([B])(O)NC(=O)CC(C(C)=O)S(=O)C(C)c2c(O)c(O)c(C#Cc3c(O)c(O)c(O)c(O)c3O)c(O)c2O)ccc1OC(O)(O)NC. The molecule has 0 aliphatic carbocycles. The highest BCUT2D eigenvalue weighted by molar-refractivity contribution is 7.86. The second-order valence-electron chi connectivity index (χ2n) is 12.2. The Hall–Kier alpha value is -5.88. The van der Waals surface area contributed by atoms with E-state index >= 15 is 0 Å². The first-order valence-corrected chi connectivity index (χ1v) is 16.9. The van der Waals surface area contributed by atoms with Gasteiger partial charge in [-0.2, -0.15) is 0 Å². The van der Waals surface area contributed by atoms with E-state index in [2.05, 4.69) is 4.74 Å². The van der Waals surface area contributed by atoms with E-state index in [0.29, 0.717) is 18.2 Å². The van der Waals surface area contributed by atoms with Crippen molar-refractivity contribution in [3.05, 3.63) is 40.5 Å². The van der Waals surface area contributed by atoms with Crippen LogP contribution in [0, 0.1) is 11.8 Å². The molecular weight excluding hydrogens is 802 g/mol. The van der Waals surface area contributed by atoms with Gasteiger partial charge >= 0.3 is 6.10 Å². The number of aromatic hydroxyl groups is 9. The van der Waals surface area contributed by atoms with E-state index in [9.17, 15) is 95.5 Å². The Morgan fingerprint density at radius 2 is 1.19 bits per heavy atom. The summed E-state index contributed by atoms with van der Waals surface area (Å²) in [4.78, 5) is 25.7. The van der Waals surface area contributed by atoms with Gasteiger partial charge in [-0.1, -0.05) is 11.8 Å². The quantitative estimate of drug-likeness (QED) is 0.0240. The van der Waals surface area contributed by atoms with Crippen LogP contribution < -0.4 is 20.1 Å². The maximum absolute atomic E-state index is 13.7. The van der Waals surface area contributed by atoms with Crippen molar-refractivity contribution in [3.8, 4) is 75.1 Å². The lowest BCUT2D eigenvalue weighted by Crippen LogP contribution is -2.63. The molecule has 23 nitrogen and oxygen atoms in total. The number of Topliss-reactive ketones (excluding diaryl/α,β-unsaturated/α-hetero) is 1. The molecule has 0 saturated carbocycles. The molecule has 4 radical (unpaired) electrons. The third-order valence-corrected chi connectivity index (χ3v) is 10.0. The lowest BCUT2D eigenvalue weighted by Gasteiger charge is -2.39. The number of phenolic OH excluding ortho intramolecular Hbond substituents is 9. The number of hydrogen-bond donors (Lipinski definition) is 18. The third-order valence-electron chi connectivity index (χ3n) is 8.02. The van der Waals surface area contributed by atoms with Gasteiger partial charge in [-0.05, 0) is 39.1 Å². The number of phenols is 9. The molecule has 0 heterocycles. The summed E-state index contributed by atoms with van der Waals surface area (Å²) in [6, 6.07) is 1.87. The zero-order chi connectivity index (χ0) is 44.6. The highest BCUT2D eigenvalue weighted by Gasteiger charge is 2.48. The monoisotopic (exact) mass is 836 g/mol. The zero-order valence-corrected chi connectivity index (χ0v) is 30.7. The molecule has 4 unspecified atom stereocenters. The largest absolute Gasteiger partial charge is 0.504 e. The van der Waals surface area contributed by atoms with Crippen molar-refractivity contribution in [2.24, 2.45) is 0 Å². The maximum Gasteiger partial charge on any atom is 0.391 e. The number of aliphatic hydroxyl groups is 7. The molecule has 26 heteroatoms. The Morgan fingerprint density at radius 1 is 0.741 bits per heavy atom. The van der Waals surface area contributed by atoms with Gasteiger partial charge in [0.05, 0.1) is 10.8 Å². The molecule has 0 aromatic heterocycles. The van der Waals surface area contributed by atoms with Crippen molar-refractivity contribution in [2.75, 3.05) is 7.05 Å². The summed E-state index contributed by atoms with van der Waals surface area (Å²) < 4.78 is 23.0. The summed E-state index contributed by atoms with van der Waals surface area (Å²) in [5.74, 6) is -19.4. The van der Waals surface area contributed by atoms with Crippen molar-refractivity contribution in [1.82, 2.24) is 10.6 Å². The van der Waals surface area contributed by atoms with E-state index in [1.54, 1.807) is 5.32 Å². The Morgan fingerprint density at radius 3 is 1.62 bits per heavy atom. The molecule has 310 valence electrons. The number of amides is 1. The Bertz CT molecular complexity index is 2160. The van der Waals surface area contributed by atoms with Crippen LogP contribution in [0.1, 0.15) is 47.8 Å². The van der Waals surface area contributed by atoms with Gasteiger partial charge in [-0.3, -0.25) is 13.8 Å². The van der Waals surface area contributed by atoms with Crippen LogP contribution in [0.3, 0.4) is 0 Å². The average Bonchev–Trinajstić information content (AvgIpc) is 3.11. The van der Waals surface area contributed by atoms with Crippen molar-refractivity contribution < 1.29 is 105 Å². The summed E-state index contributed by atoms with van der Waals surface area (Å²) in [6.07, 6.45) is -4.30. The number of ether oxygens (including phenoxy) is 2. The van der Waals surface area contributed by atoms with Crippen molar-refractivity contribution in [1.29, 1.82) is 0 Å². The van der Waals surface area contributed by atoms with Crippen LogP contribution in [0.2, 0.25) is 0 Å². The third kappa shape index (κ3) is 9.45. The summed E-state index contributed by atoms with van der Waals surface area (Å²) in [6.45, 7) is 1.83. The molecule has 58 heavy (non-hydrogen) atoms. The standard InChI is InChI=1S/C32H34B2N2O21S/c1-10(37)17(9-18(38)36-30(33,50)29(48,49)12-4-7-15(57-32(53,54)35-3)16(8-12)56-31(34,51)52)58(55)11(2)19-24(43)20(39)13(21(40)25(19)44)5-6-14-22(41)26(45)28(47)27(46)23(14)42/h4,7-8,11,17,35,39-54H,9H2,1-3H3,(H,36,38). The maximum atomic E-state index is 13.7. The summed E-state index contributed by atoms with van der Waals surface area (Å²) >= 11 is 0. The number of carbonyl (C=O) groups is 2. The van der Waals surface area contributed by atoms with E-state index in [1.165, 1.54) is 0 Å². The van der Waals surface area contributed by atoms with Gasteiger partial charge in [0.25, 0.3) is 5.87 Å². The minimum absolute atomic E-state index is 0.478. The van der Waals surface area contributed by atoms with E-state index in [1.807, 2.05) is 17.2 Å². The Labute approximate surface area is 330 Å². The van der Waals surface area contributed by atoms with Crippen LogP contribution in [0.4, 0.5) is 0 Å². The van der Waals surface area contributed by atoms with Crippen molar-refractivity contribution in [2.45, 2.75) is 54.1 Å². The number of rotatable bonds is 14. The topological polar surface area (TPSA) is 417 Å². The second-order valence-corrected chi connectivity index (χ2v) is 14.1. The van der Waals surface area contributed by atoms with Gasteiger partial charge in [-0.15, -0.1) is 0 Å². The number of ketones is 1. The molecular formula is C32H34B2N2O21S. The second kappa shape index (κ2) is 16.5. The smallest absolute Gasteiger partial charge is 0.391 e. The summed E-state index contributed by atoms with van der Waals surface area (Å²) in [7, 11) is 8.88. The van der Waals surface area contributed by atoms with Crippen LogP contribution in [0.5, 0.6) is 63.2 Å². The molecule has 0 bridgehead atoms. The van der Waals surface area contributed by atoms with Gasteiger partial charge in [0.1, 0.15) is 27.8 Å². The number of carbonyl (C=O) groups excluding carboxylic acids is 2. The fourth-order valence-electron chi connectivity index (χ4n) is 4.89. The molecule has 0 aliphatic heterocycles. The molecule has 18 N–H and O–H groups in total. The van der Waals surface area contributed by atoms with Gasteiger partial charge in [-0.25, -0.2) is 5.32 Å². The minimum Gasteiger partial charge on any atom is -0.504 e. The fourth-order valence-corrected chi connectivity index (χ4v) is 6.49. The molecule has 0 saturated heterocycles. The first-order chi connectivity index (χ1) is 26.4. The normalized spacial score (nSPS) is 14.6. The van der Waals surface area contributed by atoms with Crippen LogP contribution in [-0.4, -0.2) is 143 Å². The number of benzene rings is 3. The molecule has 3 rings (SSSR count). The highest BCUT2D eigenvalue weighted by Crippen LogP contribution is 2.52. The molecule has 4 atom stereocenters. The van der Waals surface area contributed by atoms with Crippen molar-refractivity contribution in [3.63, 3.8) is 0 Å². The average molecular weight is 836 g/mol. The van der Waals surface area contributed by atoms with Crippen LogP contribution in [0.15, 0.2) is 18.2 Å². The van der Waals surface area contributed by atoms with Crippen LogP contribution in [-0.2, 0) is 26.2 Å². The lowest BCUT2D eigenvalue weighted by molar-refractivity contribution is -0.310. The highest BCUT2D eigenvalue weighted by atomic mass is 32.2. The zero-order valence-electron chi connectivity index (χ0n) is 29.9. The van der Waals surface area contributed by atoms with E-state index in [0.717, 1.165) is 20.9 Å². The van der Waals surface area contributed by atoms with Gasteiger partial charge in [0.15, 0.2) is 53.8 Å². The molecule has 0 spiro atoms. The van der Waals surface area contributed by atoms with E-state index in [4.69, 9.17) is 20.4 Å². The first kappa shape index (κ1) is 46.5. The number of nitrogens with one attached hydrogen (secondary N) is 2. The first-order valence-electron chi connectivity index (χ1n) is 15.7.